The van der Waals surface area contributed by atoms with Gasteiger partial charge < -0.3 is 9.88 Å². The van der Waals surface area contributed by atoms with Crippen LogP contribution in [0.5, 0.6) is 0 Å². The number of amides is 3. The Morgan fingerprint density at radius 3 is 2.63 bits per heavy atom. The molecule has 2 heterocycles. The van der Waals surface area contributed by atoms with Crippen molar-refractivity contribution in [3.8, 4) is 0 Å². The molecule has 2 aromatic rings. The van der Waals surface area contributed by atoms with Crippen molar-refractivity contribution in [3.63, 3.8) is 0 Å². The van der Waals surface area contributed by atoms with Crippen molar-refractivity contribution >= 4 is 40.6 Å². The molecule has 6 nitrogen and oxygen atoms in total. The van der Waals surface area contributed by atoms with Crippen LogP contribution in [0.4, 0.5) is 14.9 Å². The maximum absolute atomic E-state index is 13.2. The molecular formula is C19H18FN3O3S. The van der Waals surface area contributed by atoms with Crippen LogP contribution in [-0.4, -0.2) is 33.1 Å². The van der Waals surface area contributed by atoms with Gasteiger partial charge in [-0.05, 0) is 61.5 Å². The van der Waals surface area contributed by atoms with Gasteiger partial charge in [0.15, 0.2) is 0 Å². The van der Waals surface area contributed by atoms with Gasteiger partial charge in [-0.25, -0.2) is 4.39 Å². The first-order chi connectivity index (χ1) is 12.8. The molecular weight excluding hydrogens is 369 g/mol. The van der Waals surface area contributed by atoms with E-state index in [1.165, 1.54) is 18.2 Å². The fourth-order valence-electron chi connectivity index (χ4n) is 2.72. The summed E-state index contributed by atoms with van der Waals surface area (Å²) in [4.78, 5) is 38.0. The Morgan fingerprint density at radius 1 is 1.26 bits per heavy atom. The number of halogens is 1. The fourth-order valence-corrected chi connectivity index (χ4v) is 3.55. The molecule has 1 aromatic heterocycles. The summed E-state index contributed by atoms with van der Waals surface area (Å²) in [5.41, 5.74) is 3.12. The molecule has 140 valence electrons. The van der Waals surface area contributed by atoms with Gasteiger partial charge in [-0.15, -0.1) is 0 Å². The fraction of sp³-hybridized carbons (Fsp3) is 0.211. The molecule has 1 fully saturated rings. The summed E-state index contributed by atoms with van der Waals surface area (Å²) in [6, 6.07) is 7.32. The van der Waals surface area contributed by atoms with Crippen LogP contribution >= 0.6 is 11.8 Å². The normalized spacial score (nSPS) is 15.7. The number of thioether (sulfide) groups is 1. The minimum atomic E-state index is -0.573. The molecule has 3 rings (SSSR count). The molecule has 8 heteroatoms. The molecule has 0 bridgehead atoms. The zero-order valence-corrected chi connectivity index (χ0v) is 15.9. The van der Waals surface area contributed by atoms with Gasteiger partial charge in [-0.1, -0.05) is 6.07 Å². The van der Waals surface area contributed by atoms with Gasteiger partial charge in [0.25, 0.3) is 11.1 Å². The first-order valence-corrected chi connectivity index (χ1v) is 9.01. The second kappa shape index (κ2) is 7.40. The molecule has 0 saturated carbocycles. The largest absolute Gasteiger partial charge is 0.352 e. The van der Waals surface area contributed by atoms with Crippen LogP contribution in [0.15, 0.2) is 35.2 Å². The van der Waals surface area contributed by atoms with E-state index in [1.54, 1.807) is 6.08 Å². The SMILES string of the molecule is Cc1cc(/C=C2/SC(=O)N(CC(=O)Nc3cccc(F)c3)C2=O)c(C)n1C. The van der Waals surface area contributed by atoms with E-state index < -0.39 is 29.4 Å². The zero-order valence-electron chi connectivity index (χ0n) is 15.1. The lowest BCUT2D eigenvalue weighted by molar-refractivity contribution is -0.127. The lowest BCUT2D eigenvalue weighted by Gasteiger charge is -2.12. The van der Waals surface area contributed by atoms with Crippen molar-refractivity contribution < 1.29 is 18.8 Å². The van der Waals surface area contributed by atoms with Crippen molar-refractivity contribution in [2.45, 2.75) is 13.8 Å². The Bertz CT molecular complexity index is 981. The third-order valence-corrected chi connectivity index (χ3v) is 5.29. The quantitative estimate of drug-likeness (QED) is 0.816. The van der Waals surface area contributed by atoms with Gasteiger partial charge in [0.2, 0.25) is 5.91 Å². The molecule has 0 unspecified atom stereocenters. The number of benzene rings is 1. The van der Waals surface area contributed by atoms with Gasteiger partial charge >= 0.3 is 0 Å². The summed E-state index contributed by atoms with van der Waals surface area (Å²) in [6.45, 7) is 3.45. The van der Waals surface area contributed by atoms with Gasteiger partial charge in [-0.3, -0.25) is 19.3 Å². The van der Waals surface area contributed by atoms with Gasteiger partial charge in [-0.2, -0.15) is 0 Å². The predicted molar refractivity (Wildman–Crippen MR) is 103 cm³/mol. The third kappa shape index (κ3) is 3.95. The number of anilines is 1. The molecule has 1 aliphatic heterocycles. The first kappa shape index (κ1) is 18.9. The highest BCUT2D eigenvalue weighted by atomic mass is 32.2. The van der Waals surface area contributed by atoms with Crippen LogP contribution in [-0.2, 0) is 16.6 Å². The summed E-state index contributed by atoms with van der Waals surface area (Å²) >= 11 is 0.800. The number of imide groups is 1. The van der Waals surface area contributed by atoms with Crippen molar-refractivity contribution in [3.05, 3.63) is 58.0 Å². The number of aromatic nitrogens is 1. The highest BCUT2D eigenvalue weighted by Gasteiger charge is 2.36. The van der Waals surface area contributed by atoms with E-state index in [9.17, 15) is 18.8 Å². The number of hydrogen-bond donors (Lipinski definition) is 1. The Kier molecular flexibility index (Phi) is 5.18. The Morgan fingerprint density at radius 2 is 2.00 bits per heavy atom. The standard InChI is InChI=1S/C19H18FN3O3S/c1-11-7-13(12(2)22(11)3)8-16-18(25)23(19(26)27-16)10-17(24)21-15-6-4-5-14(20)9-15/h4-9H,10H2,1-3H3,(H,21,24)/b16-8+. The number of nitrogens with zero attached hydrogens (tertiary/aromatic N) is 2. The van der Waals surface area contributed by atoms with Crippen LogP contribution in [0, 0.1) is 19.7 Å². The smallest absolute Gasteiger partial charge is 0.294 e. The van der Waals surface area contributed by atoms with Crippen LogP contribution in [0.1, 0.15) is 17.0 Å². The average molecular weight is 387 g/mol. The summed E-state index contributed by atoms with van der Waals surface area (Å²) in [7, 11) is 1.92. The van der Waals surface area contributed by atoms with Crippen LogP contribution < -0.4 is 5.32 Å². The van der Waals surface area contributed by atoms with Crippen molar-refractivity contribution in [1.82, 2.24) is 9.47 Å². The van der Waals surface area contributed by atoms with E-state index in [1.807, 2.05) is 31.5 Å². The second-order valence-electron chi connectivity index (χ2n) is 6.21. The number of aryl methyl sites for hydroxylation is 1. The molecule has 1 saturated heterocycles. The Balaban J connectivity index is 1.73. The number of carbonyl (C=O) groups excluding carboxylic acids is 3. The van der Waals surface area contributed by atoms with E-state index in [0.717, 1.165) is 39.7 Å². The lowest BCUT2D eigenvalue weighted by atomic mass is 10.2. The van der Waals surface area contributed by atoms with Crippen molar-refractivity contribution in [2.24, 2.45) is 7.05 Å². The maximum atomic E-state index is 13.2. The summed E-state index contributed by atoms with van der Waals surface area (Å²) in [6.07, 6.45) is 1.66. The Labute approximate surface area is 160 Å². The van der Waals surface area contributed by atoms with Crippen LogP contribution in [0.25, 0.3) is 6.08 Å². The highest BCUT2D eigenvalue weighted by molar-refractivity contribution is 8.18. The van der Waals surface area contributed by atoms with Crippen molar-refractivity contribution in [1.29, 1.82) is 0 Å². The molecule has 1 N–H and O–H groups in total. The summed E-state index contributed by atoms with van der Waals surface area (Å²) in [5.74, 6) is -1.58. The van der Waals surface area contributed by atoms with E-state index in [0.29, 0.717) is 0 Å². The lowest BCUT2D eigenvalue weighted by Crippen LogP contribution is -2.36. The predicted octanol–water partition coefficient (Wildman–Crippen LogP) is 3.46. The Hall–Kier alpha value is -2.87. The van der Waals surface area contributed by atoms with Crippen LogP contribution in [0.3, 0.4) is 0 Å². The molecule has 27 heavy (non-hydrogen) atoms. The minimum Gasteiger partial charge on any atom is -0.352 e. The average Bonchev–Trinajstić information content (AvgIpc) is 3.00. The van der Waals surface area contributed by atoms with E-state index in [-0.39, 0.29) is 10.6 Å². The molecule has 0 spiro atoms. The molecule has 0 atom stereocenters. The maximum Gasteiger partial charge on any atom is 0.294 e. The summed E-state index contributed by atoms with van der Waals surface area (Å²) in [5, 5.41) is 1.97. The number of hydrogen-bond acceptors (Lipinski definition) is 4. The summed E-state index contributed by atoms with van der Waals surface area (Å²) < 4.78 is 15.2. The van der Waals surface area contributed by atoms with E-state index in [4.69, 9.17) is 0 Å². The number of rotatable bonds is 4. The first-order valence-electron chi connectivity index (χ1n) is 8.20. The monoisotopic (exact) mass is 387 g/mol. The van der Waals surface area contributed by atoms with E-state index in [2.05, 4.69) is 5.32 Å². The van der Waals surface area contributed by atoms with E-state index >= 15 is 0 Å². The van der Waals surface area contributed by atoms with Crippen molar-refractivity contribution in [2.75, 3.05) is 11.9 Å². The molecule has 1 aliphatic rings. The number of nitrogens with one attached hydrogen (secondary N) is 1. The van der Waals surface area contributed by atoms with Gasteiger partial charge in [0, 0.05) is 24.1 Å². The van der Waals surface area contributed by atoms with Gasteiger partial charge in [0.05, 0.1) is 4.91 Å². The van der Waals surface area contributed by atoms with Gasteiger partial charge in [0.1, 0.15) is 12.4 Å². The molecule has 0 aliphatic carbocycles. The highest BCUT2D eigenvalue weighted by Crippen LogP contribution is 2.33. The topological polar surface area (TPSA) is 71.4 Å². The molecule has 3 amide bonds. The number of carbonyl (C=O) groups is 3. The van der Waals surface area contributed by atoms with Crippen LogP contribution in [0.2, 0.25) is 0 Å². The molecule has 1 aromatic carbocycles. The molecule has 0 radical (unpaired) electrons. The minimum absolute atomic E-state index is 0.262. The third-order valence-electron chi connectivity index (χ3n) is 4.38. The zero-order chi connectivity index (χ0) is 19.7. The second-order valence-corrected chi connectivity index (χ2v) is 7.21.